The van der Waals surface area contributed by atoms with Gasteiger partial charge in [-0.1, -0.05) is 35.9 Å². The van der Waals surface area contributed by atoms with Crippen molar-refractivity contribution in [1.82, 2.24) is 4.90 Å². The number of carbonyl (C=O) groups excluding carboxylic acids is 2. The number of para-hydroxylation sites is 2. The van der Waals surface area contributed by atoms with E-state index in [2.05, 4.69) is 5.32 Å². The Morgan fingerprint density at radius 2 is 1.65 bits per heavy atom. The molecule has 3 aromatic carbocycles. The van der Waals surface area contributed by atoms with Crippen molar-refractivity contribution in [2.75, 3.05) is 37.5 Å². The predicted octanol–water partition coefficient (Wildman–Crippen LogP) is 5.44. The number of rotatable bonds is 7. The van der Waals surface area contributed by atoms with Crippen molar-refractivity contribution in [2.45, 2.75) is 13.0 Å². The number of anilines is 2. The average molecular weight is 480 g/mol. The van der Waals surface area contributed by atoms with E-state index in [1.165, 1.54) is 0 Å². The third-order valence-corrected chi connectivity index (χ3v) is 5.99. The number of nitrogens with one attached hydrogen (secondary N) is 1. The first-order valence-electron chi connectivity index (χ1n) is 10.9. The predicted molar refractivity (Wildman–Crippen MR) is 133 cm³/mol. The van der Waals surface area contributed by atoms with E-state index < -0.39 is 0 Å². The van der Waals surface area contributed by atoms with Gasteiger partial charge in [0.05, 0.1) is 36.2 Å². The second kappa shape index (κ2) is 10.5. The van der Waals surface area contributed by atoms with Crippen LogP contribution >= 0.6 is 11.6 Å². The highest BCUT2D eigenvalue weighted by Crippen LogP contribution is 2.31. The Balaban J connectivity index is 1.56. The lowest BCUT2D eigenvalue weighted by atomic mass is 10.1. The van der Waals surface area contributed by atoms with Gasteiger partial charge in [0.15, 0.2) is 0 Å². The quantitative estimate of drug-likeness (QED) is 0.489. The summed E-state index contributed by atoms with van der Waals surface area (Å²) < 4.78 is 10.7. The summed E-state index contributed by atoms with van der Waals surface area (Å²) >= 11 is 6.19. The molecule has 176 valence electrons. The minimum Gasteiger partial charge on any atom is -0.497 e. The number of carbonyl (C=O) groups is 2. The number of benzene rings is 3. The fourth-order valence-electron chi connectivity index (χ4n) is 3.98. The molecule has 1 saturated heterocycles. The van der Waals surface area contributed by atoms with Crippen LogP contribution < -0.4 is 19.7 Å². The Bertz CT molecular complexity index is 1180. The molecule has 8 heteroatoms. The first-order valence-corrected chi connectivity index (χ1v) is 11.3. The summed E-state index contributed by atoms with van der Waals surface area (Å²) in [4.78, 5) is 29.8. The Labute approximate surface area is 203 Å². The molecule has 0 atom stereocenters. The van der Waals surface area contributed by atoms with Gasteiger partial charge in [-0.15, -0.1) is 0 Å². The van der Waals surface area contributed by atoms with E-state index in [0.717, 1.165) is 12.0 Å². The minimum atomic E-state index is -0.331. The van der Waals surface area contributed by atoms with Crippen LogP contribution in [-0.2, 0) is 6.54 Å². The Hall–Kier alpha value is -3.71. The molecule has 0 aromatic heterocycles. The van der Waals surface area contributed by atoms with Crippen molar-refractivity contribution in [3.05, 3.63) is 82.9 Å². The molecule has 34 heavy (non-hydrogen) atoms. The van der Waals surface area contributed by atoms with E-state index in [9.17, 15) is 9.59 Å². The molecule has 4 rings (SSSR count). The second-order valence-electron chi connectivity index (χ2n) is 7.88. The van der Waals surface area contributed by atoms with Gasteiger partial charge in [0, 0.05) is 25.7 Å². The molecule has 1 aliphatic rings. The molecule has 1 fully saturated rings. The van der Waals surface area contributed by atoms with Gasteiger partial charge in [0.1, 0.15) is 11.5 Å². The number of amides is 3. The average Bonchev–Trinajstić information content (AvgIpc) is 2.85. The minimum absolute atomic E-state index is 0.132. The molecule has 3 aromatic rings. The highest BCUT2D eigenvalue weighted by Gasteiger charge is 2.29. The zero-order valence-electron chi connectivity index (χ0n) is 19.1. The summed E-state index contributed by atoms with van der Waals surface area (Å²) in [5, 5.41) is 3.28. The van der Waals surface area contributed by atoms with Crippen LogP contribution in [0.4, 0.5) is 16.2 Å². The van der Waals surface area contributed by atoms with Crippen molar-refractivity contribution in [3.8, 4) is 11.5 Å². The van der Waals surface area contributed by atoms with Crippen molar-refractivity contribution in [3.63, 3.8) is 0 Å². The van der Waals surface area contributed by atoms with Crippen molar-refractivity contribution in [1.29, 1.82) is 0 Å². The molecule has 7 nitrogen and oxygen atoms in total. The zero-order valence-corrected chi connectivity index (χ0v) is 19.8. The maximum atomic E-state index is 13.5. The Morgan fingerprint density at radius 1 is 0.971 bits per heavy atom. The van der Waals surface area contributed by atoms with Crippen molar-refractivity contribution >= 4 is 34.9 Å². The fraction of sp³-hybridized carbons (Fsp3) is 0.231. The number of halogens is 1. The highest BCUT2D eigenvalue weighted by atomic mass is 35.5. The second-order valence-corrected chi connectivity index (χ2v) is 8.29. The van der Waals surface area contributed by atoms with E-state index in [1.54, 1.807) is 60.4 Å². The van der Waals surface area contributed by atoms with Gasteiger partial charge >= 0.3 is 6.03 Å². The Kier molecular flexibility index (Phi) is 7.23. The molecule has 0 saturated carbocycles. The lowest BCUT2D eigenvalue weighted by Crippen LogP contribution is -2.49. The third kappa shape index (κ3) is 5.10. The van der Waals surface area contributed by atoms with Gasteiger partial charge in [-0.2, -0.15) is 0 Å². The number of urea groups is 1. The lowest BCUT2D eigenvalue weighted by molar-refractivity contribution is 0.102. The maximum Gasteiger partial charge on any atom is 0.324 e. The van der Waals surface area contributed by atoms with Crippen LogP contribution in [0.5, 0.6) is 11.5 Å². The summed E-state index contributed by atoms with van der Waals surface area (Å²) in [6.07, 6.45) is 0.791. The summed E-state index contributed by atoms with van der Waals surface area (Å²) in [7, 11) is 3.19. The third-order valence-electron chi connectivity index (χ3n) is 5.66. The van der Waals surface area contributed by atoms with Gasteiger partial charge in [-0.3, -0.25) is 9.69 Å². The van der Waals surface area contributed by atoms with E-state index in [0.29, 0.717) is 53.1 Å². The monoisotopic (exact) mass is 479 g/mol. The van der Waals surface area contributed by atoms with Crippen molar-refractivity contribution < 1.29 is 19.1 Å². The van der Waals surface area contributed by atoms with Gasteiger partial charge in [-0.25, -0.2) is 4.79 Å². The first-order chi connectivity index (χ1) is 16.5. The highest BCUT2D eigenvalue weighted by molar-refractivity contribution is 6.34. The van der Waals surface area contributed by atoms with E-state index >= 15 is 0 Å². The molecule has 3 amide bonds. The smallest absolute Gasteiger partial charge is 0.324 e. The molecule has 0 spiro atoms. The molecule has 0 aliphatic carbocycles. The van der Waals surface area contributed by atoms with E-state index in [1.807, 2.05) is 30.3 Å². The van der Waals surface area contributed by atoms with Gasteiger partial charge in [0.25, 0.3) is 5.91 Å². The summed E-state index contributed by atoms with van der Waals surface area (Å²) in [6.45, 7) is 1.59. The number of nitrogens with zero attached hydrogens (tertiary/aromatic N) is 2. The van der Waals surface area contributed by atoms with E-state index in [-0.39, 0.29) is 11.9 Å². The van der Waals surface area contributed by atoms with Crippen LogP contribution in [0.1, 0.15) is 22.3 Å². The molecular weight excluding hydrogens is 454 g/mol. The van der Waals surface area contributed by atoms with Crippen molar-refractivity contribution in [2.24, 2.45) is 0 Å². The largest absolute Gasteiger partial charge is 0.497 e. The van der Waals surface area contributed by atoms with Crippen LogP contribution in [-0.4, -0.2) is 44.1 Å². The standard InChI is InChI=1S/C26H26ClN3O4/c1-33-19-14-18(15-20(16-19)34-2)17-29-12-7-13-30(26(29)32)24-11-6-5-10-23(24)28-25(31)21-8-3-4-9-22(21)27/h3-6,8-11,14-16H,7,12-13,17H2,1-2H3,(H,28,31). The maximum absolute atomic E-state index is 13.5. The fourth-order valence-corrected chi connectivity index (χ4v) is 4.20. The van der Waals surface area contributed by atoms with Gasteiger partial charge < -0.3 is 19.7 Å². The summed E-state index contributed by atoms with van der Waals surface area (Å²) in [5.41, 5.74) is 2.47. The zero-order chi connectivity index (χ0) is 24.1. The van der Waals surface area contributed by atoms with Crippen LogP contribution in [0.2, 0.25) is 5.02 Å². The number of hydrogen-bond donors (Lipinski definition) is 1. The molecule has 0 unspecified atom stereocenters. The van der Waals surface area contributed by atoms with Crippen LogP contribution in [0.3, 0.4) is 0 Å². The normalized spacial score (nSPS) is 13.6. The summed E-state index contributed by atoms with van der Waals surface area (Å²) in [5.74, 6) is 1.01. The van der Waals surface area contributed by atoms with E-state index in [4.69, 9.17) is 21.1 Å². The molecule has 1 aliphatic heterocycles. The van der Waals surface area contributed by atoms with Gasteiger partial charge in [0.2, 0.25) is 0 Å². The SMILES string of the molecule is COc1cc(CN2CCCN(c3ccccc3NC(=O)c3ccccc3Cl)C2=O)cc(OC)c1. The topological polar surface area (TPSA) is 71.1 Å². The molecule has 1 N–H and O–H groups in total. The van der Waals surface area contributed by atoms with Gasteiger partial charge in [-0.05, 0) is 48.4 Å². The Morgan fingerprint density at radius 3 is 2.35 bits per heavy atom. The molecule has 1 heterocycles. The van der Waals surface area contributed by atoms with Crippen LogP contribution in [0, 0.1) is 0 Å². The van der Waals surface area contributed by atoms with Crippen LogP contribution in [0.25, 0.3) is 0 Å². The molecular formula is C26H26ClN3O4. The number of hydrogen-bond acceptors (Lipinski definition) is 4. The number of methoxy groups -OCH3 is 2. The molecule has 0 radical (unpaired) electrons. The molecule has 0 bridgehead atoms. The number of ether oxygens (including phenoxy) is 2. The lowest BCUT2D eigenvalue weighted by Gasteiger charge is -2.36. The first kappa shape index (κ1) is 23.4. The van der Waals surface area contributed by atoms with Crippen LogP contribution in [0.15, 0.2) is 66.7 Å². The summed E-state index contributed by atoms with van der Waals surface area (Å²) in [6, 6.07) is 19.6.